The topological polar surface area (TPSA) is 112 Å². The molecule has 3 rings (SSSR count). The number of nitrogens with one attached hydrogen (secondary N) is 3. The summed E-state index contributed by atoms with van der Waals surface area (Å²) in [6.07, 6.45) is 1.68. The number of H-pyrrole nitrogens is 2. The molecule has 2 aromatic heterocycles. The molecule has 0 unspecified atom stereocenters. The summed E-state index contributed by atoms with van der Waals surface area (Å²) in [6, 6.07) is 9.19. The molecule has 0 saturated heterocycles. The molecule has 0 aliphatic rings. The van der Waals surface area contributed by atoms with E-state index in [0.717, 1.165) is 11.3 Å². The number of aromatic amines is 2. The van der Waals surface area contributed by atoms with Gasteiger partial charge in [-0.05, 0) is 29.0 Å². The lowest BCUT2D eigenvalue weighted by molar-refractivity contribution is 0.101. The Morgan fingerprint density at radius 2 is 2.00 bits per heavy atom. The highest BCUT2D eigenvalue weighted by molar-refractivity contribution is 6.01. The molecule has 0 spiro atoms. The van der Waals surface area contributed by atoms with Crippen molar-refractivity contribution in [3.05, 3.63) is 42.4 Å². The second-order valence-electron chi connectivity index (χ2n) is 3.74. The number of nitrogens with zero attached hydrogens (tertiary/aromatic N) is 4. The first-order valence-electron chi connectivity index (χ1n) is 5.47. The van der Waals surface area contributed by atoms with E-state index in [0.29, 0.717) is 5.69 Å². The molecule has 8 nitrogen and oxygen atoms in total. The van der Waals surface area contributed by atoms with Crippen LogP contribution in [0.4, 0.5) is 5.69 Å². The van der Waals surface area contributed by atoms with Gasteiger partial charge in [-0.2, -0.15) is 10.3 Å². The Balaban J connectivity index is 1.75. The SMILES string of the molecule is O=C(Nc1ccc(-c2ccn[nH]2)cc1)c1nn[nH]n1. The number of carbonyl (C=O) groups excluding carboxylic acids is 1. The highest BCUT2D eigenvalue weighted by atomic mass is 16.2. The summed E-state index contributed by atoms with van der Waals surface area (Å²) in [5.74, 6) is -0.416. The van der Waals surface area contributed by atoms with Crippen LogP contribution in [0.5, 0.6) is 0 Å². The molecule has 1 aromatic carbocycles. The zero-order valence-corrected chi connectivity index (χ0v) is 9.66. The predicted octanol–water partition coefficient (Wildman–Crippen LogP) is 0.842. The van der Waals surface area contributed by atoms with E-state index in [-0.39, 0.29) is 5.82 Å². The quantitative estimate of drug-likeness (QED) is 0.642. The van der Waals surface area contributed by atoms with Crippen LogP contribution in [0.25, 0.3) is 11.3 Å². The molecule has 0 atom stereocenters. The number of hydrogen-bond acceptors (Lipinski definition) is 5. The van der Waals surface area contributed by atoms with Gasteiger partial charge < -0.3 is 5.32 Å². The molecule has 0 aliphatic heterocycles. The van der Waals surface area contributed by atoms with Gasteiger partial charge in [0.1, 0.15) is 0 Å². The van der Waals surface area contributed by atoms with E-state index in [1.54, 1.807) is 18.3 Å². The minimum absolute atomic E-state index is 0.00218. The van der Waals surface area contributed by atoms with Gasteiger partial charge >= 0.3 is 0 Å². The maximum atomic E-state index is 11.7. The Morgan fingerprint density at radius 3 is 2.63 bits per heavy atom. The van der Waals surface area contributed by atoms with Crippen LogP contribution in [0.15, 0.2) is 36.5 Å². The minimum atomic E-state index is -0.414. The Bertz CT molecular complexity index is 658. The van der Waals surface area contributed by atoms with Crippen molar-refractivity contribution in [2.75, 3.05) is 5.32 Å². The van der Waals surface area contributed by atoms with Crippen molar-refractivity contribution in [1.29, 1.82) is 0 Å². The third kappa shape index (κ3) is 2.32. The fourth-order valence-corrected chi connectivity index (χ4v) is 1.59. The number of benzene rings is 1. The van der Waals surface area contributed by atoms with Crippen LogP contribution in [-0.4, -0.2) is 36.7 Å². The largest absolute Gasteiger partial charge is 0.319 e. The molecule has 0 saturated carbocycles. The van der Waals surface area contributed by atoms with Gasteiger partial charge in [0.15, 0.2) is 0 Å². The van der Waals surface area contributed by atoms with Crippen molar-refractivity contribution >= 4 is 11.6 Å². The maximum Gasteiger partial charge on any atom is 0.297 e. The molecule has 19 heavy (non-hydrogen) atoms. The third-order valence-electron chi connectivity index (χ3n) is 2.50. The summed E-state index contributed by atoms with van der Waals surface area (Å²) in [6.45, 7) is 0. The molecule has 8 heteroatoms. The summed E-state index contributed by atoms with van der Waals surface area (Å²) in [5, 5.41) is 22.2. The summed E-state index contributed by atoms with van der Waals surface area (Å²) in [7, 11) is 0. The number of aromatic nitrogens is 6. The Kier molecular flexibility index (Phi) is 2.73. The van der Waals surface area contributed by atoms with Gasteiger partial charge in [-0.3, -0.25) is 9.89 Å². The molecule has 3 N–H and O–H groups in total. The zero-order valence-electron chi connectivity index (χ0n) is 9.66. The summed E-state index contributed by atoms with van der Waals surface area (Å²) in [4.78, 5) is 11.7. The average molecular weight is 255 g/mol. The first-order chi connectivity index (χ1) is 9.33. The van der Waals surface area contributed by atoms with E-state index in [1.807, 2.05) is 18.2 Å². The van der Waals surface area contributed by atoms with Crippen molar-refractivity contribution in [3.63, 3.8) is 0 Å². The monoisotopic (exact) mass is 255 g/mol. The Hall–Kier alpha value is -3.03. The Labute approximate surface area is 107 Å². The molecule has 0 aliphatic carbocycles. The number of rotatable bonds is 3. The van der Waals surface area contributed by atoms with Crippen molar-refractivity contribution in [2.45, 2.75) is 0 Å². The van der Waals surface area contributed by atoms with Crippen LogP contribution in [-0.2, 0) is 0 Å². The van der Waals surface area contributed by atoms with Crippen molar-refractivity contribution in [2.24, 2.45) is 0 Å². The number of hydrogen-bond donors (Lipinski definition) is 3. The Morgan fingerprint density at radius 1 is 1.16 bits per heavy atom. The van der Waals surface area contributed by atoms with Crippen molar-refractivity contribution in [1.82, 2.24) is 30.8 Å². The lowest BCUT2D eigenvalue weighted by Gasteiger charge is -2.03. The standard InChI is InChI=1S/C11H9N7O/c19-11(10-15-17-18-16-10)13-8-3-1-7(2-4-8)9-5-6-12-14-9/h1-6H,(H,12,14)(H,13,19)(H,15,16,17,18). The summed E-state index contributed by atoms with van der Waals surface area (Å²) < 4.78 is 0. The highest BCUT2D eigenvalue weighted by Gasteiger charge is 2.10. The van der Waals surface area contributed by atoms with Gasteiger partial charge in [0.2, 0.25) is 0 Å². The van der Waals surface area contributed by atoms with Gasteiger partial charge in [0.25, 0.3) is 11.7 Å². The molecular weight excluding hydrogens is 246 g/mol. The molecular formula is C11H9N7O. The van der Waals surface area contributed by atoms with Crippen LogP contribution in [0.3, 0.4) is 0 Å². The van der Waals surface area contributed by atoms with E-state index in [2.05, 4.69) is 36.1 Å². The van der Waals surface area contributed by atoms with E-state index in [9.17, 15) is 4.79 Å². The molecule has 94 valence electrons. The minimum Gasteiger partial charge on any atom is -0.319 e. The van der Waals surface area contributed by atoms with E-state index in [1.165, 1.54) is 0 Å². The van der Waals surface area contributed by atoms with Crippen molar-refractivity contribution in [3.8, 4) is 11.3 Å². The number of carbonyl (C=O) groups is 1. The molecule has 0 bridgehead atoms. The molecule has 0 fully saturated rings. The van der Waals surface area contributed by atoms with Crippen LogP contribution >= 0.6 is 0 Å². The molecule has 2 heterocycles. The third-order valence-corrected chi connectivity index (χ3v) is 2.50. The molecule has 0 radical (unpaired) electrons. The second-order valence-corrected chi connectivity index (χ2v) is 3.74. The molecule has 1 amide bonds. The number of amides is 1. The van der Waals surface area contributed by atoms with Crippen molar-refractivity contribution < 1.29 is 4.79 Å². The lowest BCUT2D eigenvalue weighted by Crippen LogP contribution is -2.13. The number of anilines is 1. The van der Waals surface area contributed by atoms with E-state index < -0.39 is 5.91 Å². The first-order valence-corrected chi connectivity index (χ1v) is 5.47. The number of tetrazole rings is 1. The van der Waals surface area contributed by atoms with Gasteiger partial charge in [-0.1, -0.05) is 12.1 Å². The zero-order chi connectivity index (χ0) is 13.1. The predicted molar refractivity (Wildman–Crippen MR) is 66.2 cm³/mol. The van der Waals surface area contributed by atoms with Crippen LogP contribution in [0.2, 0.25) is 0 Å². The smallest absolute Gasteiger partial charge is 0.297 e. The van der Waals surface area contributed by atoms with E-state index >= 15 is 0 Å². The van der Waals surface area contributed by atoms with Crippen LogP contribution in [0.1, 0.15) is 10.6 Å². The molecule has 3 aromatic rings. The average Bonchev–Trinajstić information content (AvgIpc) is 3.13. The fourth-order valence-electron chi connectivity index (χ4n) is 1.59. The van der Waals surface area contributed by atoms with Gasteiger partial charge in [0.05, 0.1) is 5.69 Å². The van der Waals surface area contributed by atoms with Crippen LogP contribution < -0.4 is 5.32 Å². The maximum absolute atomic E-state index is 11.7. The lowest BCUT2D eigenvalue weighted by atomic mass is 10.1. The van der Waals surface area contributed by atoms with Crippen LogP contribution in [0, 0.1) is 0 Å². The highest BCUT2D eigenvalue weighted by Crippen LogP contribution is 2.18. The van der Waals surface area contributed by atoms with E-state index in [4.69, 9.17) is 0 Å². The second kappa shape index (κ2) is 4.69. The van der Waals surface area contributed by atoms with Gasteiger partial charge in [0, 0.05) is 11.9 Å². The van der Waals surface area contributed by atoms with Gasteiger partial charge in [-0.25, -0.2) is 0 Å². The van der Waals surface area contributed by atoms with Gasteiger partial charge in [-0.15, -0.1) is 10.2 Å². The summed E-state index contributed by atoms with van der Waals surface area (Å²) in [5.41, 5.74) is 2.55. The first kappa shape index (κ1) is 11.1. The summed E-state index contributed by atoms with van der Waals surface area (Å²) >= 11 is 0. The normalized spacial score (nSPS) is 10.3. The fraction of sp³-hybridized carbons (Fsp3) is 0.